The van der Waals surface area contributed by atoms with Gasteiger partial charge in [-0.25, -0.2) is 9.13 Å². The summed E-state index contributed by atoms with van der Waals surface area (Å²) in [5, 5.41) is 2.68. The molecule has 2 heteroatoms. The van der Waals surface area contributed by atoms with Crippen LogP contribution in [-0.4, -0.2) is 4.57 Å². The first-order valence-corrected chi connectivity index (χ1v) is 6.77. The lowest BCUT2D eigenvalue weighted by Crippen LogP contribution is -2.29. The van der Waals surface area contributed by atoms with Gasteiger partial charge in [-0.15, -0.1) is 0 Å². The van der Waals surface area contributed by atoms with Gasteiger partial charge in [-0.2, -0.15) is 0 Å². The van der Waals surface area contributed by atoms with Crippen molar-refractivity contribution in [1.29, 1.82) is 0 Å². The number of hydrogen-bond acceptors (Lipinski definition) is 0. The molecule has 2 nitrogen and oxygen atoms in total. The maximum atomic E-state index is 2.34. The maximum absolute atomic E-state index is 2.34. The van der Waals surface area contributed by atoms with Crippen molar-refractivity contribution in [1.82, 2.24) is 4.57 Å². The third-order valence-electron chi connectivity index (χ3n) is 3.98. The lowest BCUT2D eigenvalue weighted by molar-refractivity contribution is -0.647. The number of rotatable bonds is 0. The lowest BCUT2D eigenvalue weighted by Gasteiger charge is -2.18. The molecule has 0 amide bonds. The fourth-order valence-corrected chi connectivity index (χ4v) is 2.86. The summed E-state index contributed by atoms with van der Waals surface area (Å²) in [7, 11) is 4.24. The van der Waals surface area contributed by atoms with Gasteiger partial charge in [-0.1, -0.05) is 26.8 Å². The molecule has 0 radical (unpaired) electrons. The van der Waals surface area contributed by atoms with E-state index in [0.717, 1.165) is 0 Å². The predicted molar refractivity (Wildman–Crippen MR) is 80.3 cm³/mol. The van der Waals surface area contributed by atoms with Gasteiger partial charge in [0.15, 0.2) is 0 Å². The molecule has 0 unspecified atom stereocenters. The number of aromatic nitrogens is 2. The molecular formula is C17H21N2+. The van der Waals surface area contributed by atoms with E-state index in [-0.39, 0.29) is 5.41 Å². The van der Waals surface area contributed by atoms with Crippen LogP contribution in [0.4, 0.5) is 0 Å². The number of benzene rings is 1. The first kappa shape index (κ1) is 12.2. The average molecular weight is 253 g/mol. The van der Waals surface area contributed by atoms with Crippen molar-refractivity contribution in [2.45, 2.75) is 26.2 Å². The Balaban J connectivity index is 2.47. The Morgan fingerprint density at radius 3 is 2.47 bits per heavy atom. The molecule has 0 saturated heterocycles. The quantitative estimate of drug-likeness (QED) is 0.543. The summed E-state index contributed by atoms with van der Waals surface area (Å²) >= 11 is 0. The third-order valence-corrected chi connectivity index (χ3v) is 3.98. The Morgan fingerprint density at radius 2 is 1.79 bits per heavy atom. The highest BCUT2D eigenvalue weighted by Gasteiger charge is 2.20. The van der Waals surface area contributed by atoms with Gasteiger partial charge >= 0.3 is 0 Å². The van der Waals surface area contributed by atoms with E-state index in [1.54, 1.807) is 0 Å². The molecule has 0 N–H and O–H groups in total. The fraction of sp³-hybridized carbons (Fsp3) is 0.353. The van der Waals surface area contributed by atoms with Crippen molar-refractivity contribution in [2.75, 3.05) is 0 Å². The molecule has 0 atom stereocenters. The molecular weight excluding hydrogens is 232 g/mol. The maximum Gasteiger partial charge on any atom is 0.289 e. The Bertz CT molecular complexity index is 773. The van der Waals surface area contributed by atoms with E-state index in [4.69, 9.17) is 0 Å². The third kappa shape index (κ3) is 1.74. The number of aryl methyl sites for hydroxylation is 2. The molecule has 1 aromatic carbocycles. The SMILES string of the molecule is Cn1c2ccc(C(C)(C)C)cc2c2ccc[n+](C)c21. The molecule has 98 valence electrons. The summed E-state index contributed by atoms with van der Waals surface area (Å²) in [5.74, 6) is 0. The average Bonchev–Trinajstić information content (AvgIpc) is 2.63. The monoisotopic (exact) mass is 253 g/mol. The van der Waals surface area contributed by atoms with E-state index in [2.05, 4.69) is 80.5 Å². The smallest absolute Gasteiger partial charge is 0.236 e. The van der Waals surface area contributed by atoms with Gasteiger partial charge in [0.05, 0.1) is 25.7 Å². The molecule has 0 aliphatic rings. The van der Waals surface area contributed by atoms with E-state index in [9.17, 15) is 0 Å². The molecule has 0 aliphatic heterocycles. The van der Waals surface area contributed by atoms with Crippen LogP contribution < -0.4 is 4.57 Å². The Hall–Kier alpha value is -1.83. The molecule has 2 aromatic heterocycles. The minimum absolute atomic E-state index is 0.188. The first-order valence-electron chi connectivity index (χ1n) is 6.77. The number of pyridine rings is 1. The van der Waals surface area contributed by atoms with Crippen LogP contribution in [0.3, 0.4) is 0 Å². The Labute approximate surface area is 114 Å². The summed E-state index contributed by atoms with van der Waals surface area (Å²) in [6, 6.07) is 11.2. The number of hydrogen-bond donors (Lipinski definition) is 0. The standard InChI is InChI=1S/C17H21N2/c1-17(2,3)12-8-9-15-14(11-12)13-7-6-10-18(4)16(13)19(15)5/h6-11H,1-5H3/q+1. The highest BCUT2D eigenvalue weighted by Crippen LogP contribution is 2.31. The highest BCUT2D eigenvalue weighted by molar-refractivity contribution is 6.05. The second kappa shape index (κ2) is 3.83. The molecule has 3 rings (SSSR count). The van der Waals surface area contributed by atoms with E-state index in [0.29, 0.717) is 0 Å². The van der Waals surface area contributed by atoms with Crippen LogP contribution in [0.1, 0.15) is 26.3 Å². The van der Waals surface area contributed by atoms with Crippen molar-refractivity contribution in [3.05, 3.63) is 42.1 Å². The normalized spacial score (nSPS) is 12.5. The van der Waals surface area contributed by atoms with Gasteiger partial charge in [0.2, 0.25) is 0 Å². The van der Waals surface area contributed by atoms with Crippen molar-refractivity contribution in [3.8, 4) is 0 Å². The first-order chi connectivity index (χ1) is 8.89. The molecule has 3 aromatic rings. The Kier molecular flexibility index (Phi) is 2.46. The zero-order valence-electron chi connectivity index (χ0n) is 12.4. The summed E-state index contributed by atoms with van der Waals surface area (Å²) in [6.07, 6.45) is 2.10. The minimum atomic E-state index is 0.188. The molecule has 0 spiro atoms. The minimum Gasteiger partial charge on any atom is -0.236 e. The van der Waals surface area contributed by atoms with Crippen LogP contribution >= 0.6 is 0 Å². The molecule has 19 heavy (non-hydrogen) atoms. The predicted octanol–water partition coefficient (Wildman–Crippen LogP) is 3.45. The highest BCUT2D eigenvalue weighted by atomic mass is 15.1. The molecule has 0 bridgehead atoms. The Morgan fingerprint density at radius 1 is 1.05 bits per heavy atom. The second-order valence-corrected chi connectivity index (χ2v) is 6.40. The zero-order valence-corrected chi connectivity index (χ0v) is 12.4. The molecule has 0 fully saturated rings. The summed E-state index contributed by atoms with van der Waals surface area (Å²) < 4.78 is 4.46. The van der Waals surface area contributed by atoms with Gasteiger partial charge in [0, 0.05) is 5.39 Å². The largest absolute Gasteiger partial charge is 0.289 e. The van der Waals surface area contributed by atoms with E-state index in [1.807, 2.05) is 0 Å². The molecule has 0 aliphatic carbocycles. The lowest BCUT2D eigenvalue weighted by atomic mass is 9.86. The molecule has 0 saturated carbocycles. The van der Waals surface area contributed by atoms with Crippen LogP contribution in [0.2, 0.25) is 0 Å². The van der Waals surface area contributed by atoms with Crippen LogP contribution in [-0.2, 0) is 19.5 Å². The van der Waals surface area contributed by atoms with Gasteiger partial charge in [0.25, 0.3) is 5.65 Å². The second-order valence-electron chi connectivity index (χ2n) is 6.40. The van der Waals surface area contributed by atoms with Gasteiger partial charge in [-0.3, -0.25) is 0 Å². The van der Waals surface area contributed by atoms with Gasteiger partial charge < -0.3 is 0 Å². The zero-order chi connectivity index (χ0) is 13.8. The van der Waals surface area contributed by atoms with E-state index in [1.165, 1.54) is 27.5 Å². The van der Waals surface area contributed by atoms with Gasteiger partial charge in [0.1, 0.15) is 5.52 Å². The summed E-state index contributed by atoms with van der Waals surface area (Å²) in [6.45, 7) is 6.79. The topological polar surface area (TPSA) is 8.81 Å². The molecule has 2 heterocycles. The summed E-state index contributed by atoms with van der Waals surface area (Å²) in [5.41, 5.74) is 4.14. The van der Waals surface area contributed by atoms with Crippen LogP contribution in [0.5, 0.6) is 0 Å². The van der Waals surface area contributed by atoms with Crippen molar-refractivity contribution >= 4 is 21.9 Å². The van der Waals surface area contributed by atoms with Crippen molar-refractivity contribution in [2.24, 2.45) is 14.1 Å². The number of fused-ring (bicyclic) bond motifs is 3. The van der Waals surface area contributed by atoms with Crippen molar-refractivity contribution < 1.29 is 4.57 Å². The van der Waals surface area contributed by atoms with Crippen LogP contribution in [0, 0.1) is 0 Å². The van der Waals surface area contributed by atoms with Crippen LogP contribution in [0.15, 0.2) is 36.5 Å². The van der Waals surface area contributed by atoms with E-state index < -0.39 is 0 Å². The number of nitrogens with zero attached hydrogens (tertiary/aromatic N) is 2. The van der Waals surface area contributed by atoms with Crippen molar-refractivity contribution in [3.63, 3.8) is 0 Å². The summed E-state index contributed by atoms with van der Waals surface area (Å²) in [4.78, 5) is 0. The fourth-order valence-electron chi connectivity index (χ4n) is 2.86. The van der Waals surface area contributed by atoms with E-state index >= 15 is 0 Å². The van der Waals surface area contributed by atoms with Crippen LogP contribution in [0.25, 0.3) is 21.9 Å². The van der Waals surface area contributed by atoms with Gasteiger partial charge in [-0.05, 0) is 35.2 Å².